The zero-order valence-corrected chi connectivity index (χ0v) is 19.8. The summed E-state index contributed by atoms with van der Waals surface area (Å²) in [6.07, 6.45) is -2.99. The molecule has 1 aromatic rings. The van der Waals surface area contributed by atoms with Gasteiger partial charge >= 0.3 is 24.5 Å². The maximum Gasteiger partial charge on any atom is 0.573 e. The number of ether oxygens (including phenoxy) is 1. The van der Waals surface area contributed by atoms with Gasteiger partial charge in [0.25, 0.3) is 0 Å². The zero-order valence-electron chi connectivity index (χ0n) is 19.8. The molecule has 4 rings (SSSR count). The Balaban J connectivity index is 1.48. The normalized spacial score (nSPS) is 23.9. The molecule has 0 aromatic heterocycles. The number of likely N-dealkylation sites (N-methyl/N-ethyl adjacent to an activating group) is 1. The Hall–Kier alpha value is -3.45. The van der Waals surface area contributed by atoms with E-state index < -0.39 is 35.5 Å². The third-order valence-electron chi connectivity index (χ3n) is 6.57. The molecule has 2 atom stereocenters. The number of likely N-dealkylation sites (tertiary alicyclic amines) is 1. The first kappa shape index (κ1) is 25.6. The average molecular weight is 516 g/mol. The molecule has 2 saturated heterocycles. The van der Waals surface area contributed by atoms with Crippen molar-refractivity contribution in [1.29, 1.82) is 0 Å². The van der Waals surface area contributed by atoms with Gasteiger partial charge in [0.05, 0.1) is 11.6 Å². The number of piperidine rings is 1. The van der Waals surface area contributed by atoms with Crippen molar-refractivity contribution in [1.82, 2.24) is 30.7 Å². The predicted octanol–water partition coefficient (Wildman–Crippen LogP) is 2.21. The predicted molar refractivity (Wildman–Crippen MR) is 119 cm³/mol. The summed E-state index contributed by atoms with van der Waals surface area (Å²) in [5.41, 5.74) is -0.736. The smallest absolute Gasteiger partial charge is 0.406 e. The molecule has 198 valence electrons. The largest absolute Gasteiger partial charge is 0.573 e. The minimum Gasteiger partial charge on any atom is -0.406 e. The van der Waals surface area contributed by atoms with Gasteiger partial charge in [0.2, 0.25) is 0 Å². The summed E-state index contributed by atoms with van der Waals surface area (Å²) in [6, 6.07) is 1.14. The van der Waals surface area contributed by atoms with E-state index in [2.05, 4.69) is 20.7 Å². The van der Waals surface area contributed by atoms with Crippen LogP contribution in [0.2, 0.25) is 0 Å². The quantitative estimate of drug-likeness (QED) is 0.522. The van der Waals surface area contributed by atoms with Crippen LogP contribution in [0.1, 0.15) is 24.8 Å². The second kappa shape index (κ2) is 9.54. The summed E-state index contributed by atoms with van der Waals surface area (Å²) in [7, 11) is 3.16. The molecule has 3 N–H and O–H groups in total. The van der Waals surface area contributed by atoms with E-state index in [9.17, 15) is 31.9 Å². The van der Waals surface area contributed by atoms with Crippen LogP contribution in [0, 0.1) is 5.82 Å². The first-order valence-corrected chi connectivity index (χ1v) is 11.5. The van der Waals surface area contributed by atoms with E-state index >= 15 is 0 Å². The second-order valence-electron chi connectivity index (χ2n) is 9.46. The van der Waals surface area contributed by atoms with E-state index in [0.29, 0.717) is 19.0 Å². The molecule has 1 spiro atoms. The van der Waals surface area contributed by atoms with Crippen molar-refractivity contribution in [2.75, 3.05) is 33.7 Å². The van der Waals surface area contributed by atoms with E-state index in [1.807, 2.05) is 0 Å². The Labute approximate surface area is 204 Å². The molecule has 1 saturated carbocycles. The minimum absolute atomic E-state index is 0.00888. The molecule has 1 aromatic carbocycles. The highest BCUT2D eigenvalue weighted by molar-refractivity contribution is 5.79. The van der Waals surface area contributed by atoms with E-state index in [0.717, 1.165) is 25.0 Å². The molecular formula is C22H28F4N6O4. The van der Waals surface area contributed by atoms with Gasteiger partial charge in [0.15, 0.2) is 0 Å². The van der Waals surface area contributed by atoms with Crippen molar-refractivity contribution in [3.63, 3.8) is 0 Å². The molecule has 36 heavy (non-hydrogen) atoms. The Morgan fingerprint density at radius 1 is 1.25 bits per heavy atom. The molecule has 3 aliphatic rings. The van der Waals surface area contributed by atoms with Crippen LogP contribution in [0.3, 0.4) is 0 Å². The van der Waals surface area contributed by atoms with Crippen molar-refractivity contribution in [3.05, 3.63) is 29.6 Å². The molecule has 6 amide bonds. The van der Waals surface area contributed by atoms with Gasteiger partial charge in [-0.05, 0) is 25.3 Å². The van der Waals surface area contributed by atoms with Gasteiger partial charge in [-0.15, -0.1) is 13.2 Å². The Bertz CT molecular complexity index is 1040. The molecule has 3 fully saturated rings. The molecule has 14 heteroatoms. The first-order valence-electron chi connectivity index (χ1n) is 11.5. The summed E-state index contributed by atoms with van der Waals surface area (Å²) in [4.78, 5) is 42.7. The molecule has 2 unspecified atom stereocenters. The Morgan fingerprint density at radius 3 is 2.53 bits per heavy atom. The molecule has 10 nitrogen and oxygen atoms in total. The lowest BCUT2D eigenvalue weighted by Gasteiger charge is -2.47. The highest BCUT2D eigenvalue weighted by atomic mass is 19.4. The maximum atomic E-state index is 14.3. The number of alkyl halides is 3. The van der Waals surface area contributed by atoms with Crippen LogP contribution in [-0.2, 0) is 6.54 Å². The number of benzene rings is 1. The molecule has 1 aliphatic carbocycles. The highest BCUT2D eigenvalue weighted by Crippen LogP contribution is 2.35. The molecule has 0 bridgehead atoms. The Kier molecular flexibility index (Phi) is 6.80. The standard InChI is InChI=1S/C22H28F4N6O4/c1-27-18(33)31-10-15(8-21(12-31)11-30(2)20(35)29-21)32(14-4-5-14)19(34)28-9-13-3-6-16(7-17(13)23)36-22(24,25)26/h3,6-7,14-15H,4-5,8-12H2,1-2H3,(H,27,33)(H,28,34)(H,29,35). The number of carbonyl (C=O) groups excluding carboxylic acids is 3. The van der Waals surface area contributed by atoms with Crippen molar-refractivity contribution in [2.24, 2.45) is 0 Å². The van der Waals surface area contributed by atoms with Crippen LogP contribution in [0.25, 0.3) is 0 Å². The van der Waals surface area contributed by atoms with Crippen molar-refractivity contribution in [3.8, 4) is 5.75 Å². The van der Waals surface area contributed by atoms with E-state index in [-0.39, 0.29) is 43.3 Å². The lowest BCUT2D eigenvalue weighted by molar-refractivity contribution is -0.274. The monoisotopic (exact) mass is 516 g/mol. The number of nitrogens with zero attached hydrogens (tertiary/aromatic N) is 3. The van der Waals surface area contributed by atoms with Gasteiger partial charge in [0.1, 0.15) is 11.6 Å². The third kappa shape index (κ3) is 5.68. The van der Waals surface area contributed by atoms with Crippen LogP contribution in [0.15, 0.2) is 18.2 Å². The van der Waals surface area contributed by atoms with E-state index in [1.165, 1.54) is 11.9 Å². The average Bonchev–Trinajstić information content (AvgIpc) is 3.57. The van der Waals surface area contributed by atoms with Gasteiger partial charge in [-0.3, -0.25) is 0 Å². The number of hydrogen-bond acceptors (Lipinski definition) is 4. The van der Waals surface area contributed by atoms with Gasteiger partial charge < -0.3 is 35.4 Å². The number of amides is 6. The fourth-order valence-corrected chi connectivity index (χ4v) is 4.97. The lowest BCUT2D eigenvalue weighted by atomic mass is 9.86. The molecular weight excluding hydrogens is 488 g/mol. The van der Waals surface area contributed by atoms with Crippen LogP contribution < -0.4 is 20.7 Å². The summed E-state index contributed by atoms with van der Waals surface area (Å²) in [5.74, 6) is -1.64. The highest BCUT2D eigenvalue weighted by Gasteiger charge is 2.51. The van der Waals surface area contributed by atoms with Gasteiger partial charge in [0, 0.05) is 57.9 Å². The fourth-order valence-electron chi connectivity index (χ4n) is 4.97. The number of nitrogens with one attached hydrogen (secondary N) is 3. The number of rotatable bonds is 5. The van der Waals surface area contributed by atoms with Crippen molar-refractivity contribution >= 4 is 18.1 Å². The number of halogens is 4. The van der Waals surface area contributed by atoms with Crippen molar-refractivity contribution < 1.29 is 36.7 Å². The lowest BCUT2D eigenvalue weighted by Crippen LogP contribution is -2.66. The van der Waals surface area contributed by atoms with Crippen LogP contribution in [0.4, 0.5) is 31.9 Å². The van der Waals surface area contributed by atoms with Gasteiger partial charge in [-0.25, -0.2) is 18.8 Å². The number of urea groups is 3. The van der Waals surface area contributed by atoms with Gasteiger partial charge in [-0.2, -0.15) is 0 Å². The molecule has 2 aliphatic heterocycles. The number of hydrogen-bond donors (Lipinski definition) is 3. The van der Waals surface area contributed by atoms with Crippen LogP contribution in [-0.4, -0.2) is 90.5 Å². The zero-order chi connectivity index (χ0) is 26.3. The SMILES string of the molecule is CNC(=O)N1CC(N(C(=O)NCc2ccc(OC(F)(F)F)cc2F)C2CC2)CC2(CN(C)C(=O)N2)C1. The third-order valence-corrected chi connectivity index (χ3v) is 6.57. The minimum atomic E-state index is -4.94. The Morgan fingerprint density at radius 2 is 1.97 bits per heavy atom. The summed E-state index contributed by atoms with van der Waals surface area (Å²) in [5, 5.41) is 8.20. The summed E-state index contributed by atoms with van der Waals surface area (Å²) >= 11 is 0. The van der Waals surface area contributed by atoms with E-state index in [4.69, 9.17) is 0 Å². The molecule has 2 heterocycles. The molecule has 0 radical (unpaired) electrons. The van der Waals surface area contributed by atoms with Crippen molar-refractivity contribution in [2.45, 2.75) is 49.8 Å². The van der Waals surface area contributed by atoms with Crippen LogP contribution in [0.5, 0.6) is 5.75 Å². The first-order chi connectivity index (χ1) is 16.9. The summed E-state index contributed by atoms with van der Waals surface area (Å²) < 4.78 is 55.2. The van der Waals surface area contributed by atoms with E-state index in [1.54, 1.807) is 16.8 Å². The van der Waals surface area contributed by atoms with Gasteiger partial charge in [-0.1, -0.05) is 6.07 Å². The topological polar surface area (TPSA) is 106 Å². The second-order valence-corrected chi connectivity index (χ2v) is 9.46. The maximum absolute atomic E-state index is 14.3. The number of carbonyl (C=O) groups is 3. The van der Waals surface area contributed by atoms with Crippen LogP contribution >= 0.6 is 0 Å². The summed E-state index contributed by atoms with van der Waals surface area (Å²) in [6.45, 7) is 0.657. The fraction of sp³-hybridized carbons (Fsp3) is 0.591.